The molecular weight excluding hydrogens is 272 g/mol. The number of ketones is 2. The second kappa shape index (κ2) is 8.45. The van der Waals surface area contributed by atoms with Crippen molar-refractivity contribution in [2.45, 2.75) is 78.1 Å². The van der Waals surface area contributed by atoms with Gasteiger partial charge in [-0.2, -0.15) is 0 Å². The van der Waals surface area contributed by atoms with Gasteiger partial charge in [0.2, 0.25) is 0 Å². The van der Waals surface area contributed by atoms with Crippen LogP contribution in [0.1, 0.15) is 78.1 Å². The highest BCUT2D eigenvalue weighted by Crippen LogP contribution is 2.32. The van der Waals surface area contributed by atoms with Gasteiger partial charge in [0.15, 0.2) is 11.6 Å². The minimum atomic E-state index is 0.133. The van der Waals surface area contributed by atoms with Crippen molar-refractivity contribution >= 4 is 11.6 Å². The van der Waals surface area contributed by atoms with E-state index in [0.717, 1.165) is 51.4 Å². The first-order chi connectivity index (χ1) is 10.7. The lowest BCUT2D eigenvalue weighted by atomic mass is 9.77. The molecule has 0 bridgehead atoms. The third kappa shape index (κ3) is 3.97. The molecule has 0 unspecified atom stereocenters. The lowest BCUT2D eigenvalue weighted by molar-refractivity contribution is -0.123. The molecule has 2 nitrogen and oxygen atoms in total. The van der Waals surface area contributed by atoms with Crippen LogP contribution in [-0.2, 0) is 9.59 Å². The van der Waals surface area contributed by atoms with E-state index in [1.807, 2.05) is 26.0 Å². The van der Waals surface area contributed by atoms with Crippen LogP contribution in [0.25, 0.3) is 0 Å². The molecule has 0 aromatic rings. The van der Waals surface area contributed by atoms with Crippen LogP contribution in [0.15, 0.2) is 23.3 Å². The van der Waals surface area contributed by atoms with Crippen LogP contribution in [0.5, 0.6) is 0 Å². The molecule has 0 amide bonds. The van der Waals surface area contributed by atoms with Crippen molar-refractivity contribution in [3.63, 3.8) is 0 Å². The summed E-state index contributed by atoms with van der Waals surface area (Å²) in [5.74, 6) is 0.682. The SMILES string of the molecule is C/C=C(C(=O)C1CCCCC1)\C(=C/C)C(=O)C1CCCCC1. The van der Waals surface area contributed by atoms with Gasteiger partial charge in [0.25, 0.3) is 0 Å². The average Bonchev–Trinajstić information content (AvgIpc) is 2.60. The van der Waals surface area contributed by atoms with Crippen LogP contribution >= 0.6 is 0 Å². The molecule has 0 saturated heterocycles. The number of carbonyl (C=O) groups excluding carboxylic acids is 2. The van der Waals surface area contributed by atoms with Crippen molar-refractivity contribution in [1.82, 2.24) is 0 Å². The van der Waals surface area contributed by atoms with Crippen LogP contribution in [0.2, 0.25) is 0 Å². The quantitative estimate of drug-likeness (QED) is 0.518. The van der Waals surface area contributed by atoms with Crippen LogP contribution in [0, 0.1) is 11.8 Å². The first-order valence-corrected chi connectivity index (χ1v) is 9.10. The Bertz CT molecular complexity index is 414. The summed E-state index contributed by atoms with van der Waals surface area (Å²) in [6.07, 6.45) is 14.8. The Morgan fingerprint density at radius 1 is 0.636 bits per heavy atom. The van der Waals surface area contributed by atoms with Gasteiger partial charge in [0.05, 0.1) is 0 Å². The summed E-state index contributed by atoms with van der Waals surface area (Å²) >= 11 is 0. The summed E-state index contributed by atoms with van der Waals surface area (Å²) in [5, 5.41) is 0. The second-order valence-corrected chi connectivity index (χ2v) is 6.80. The fraction of sp³-hybridized carbons (Fsp3) is 0.700. The molecule has 2 rings (SSSR count). The fourth-order valence-corrected chi connectivity index (χ4v) is 4.03. The van der Waals surface area contributed by atoms with E-state index in [1.165, 1.54) is 12.8 Å². The highest BCUT2D eigenvalue weighted by molar-refractivity contribution is 6.13. The van der Waals surface area contributed by atoms with Gasteiger partial charge in [-0.05, 0) is 39.5 Å². The second-order valence-electron chi connectivity index (χ2n) is 6.80. The minimum Gasteiger partial charge on any atom is -0.294 e. The molecule has 0 spiro atoms. The Morgan fingerprint density at radius 2 is 0.955 bits per heavy atom. The molecule has 0 atom stereocenters. The molecule has 22 heavy (non-hydrogen) atoms. The Morgan fingerprint density at radius 3 is 1.23 bits per heavy atom. The van der Waals surface area contributed by atoms with Gasteiger partial charge >= 0.3 is 0 Å². The van der Waals surface area contributed by atoms with E-state index >= 15 is 0 Å². The van der Waals surface area contributed by atoms with Crippen molar-refractivity contribution in [1.29, 1.82) is 0 Å². The van der Waals surface area contributed by atoms with Crippen molar-refractivity contribution in [3.8, 4) is 0 Å². The van der Waals surface area contributed by atoms with Gasteiger partial charge in [0, 0.05) is 23.0 Å². The third-order valence-corrected chi connectivity index (χ3v) is 5.35. The number of Topliss-reactive ketones (excluding diaryl/α,β-unsaturated/α-hetero) is 2. The molecule has 0 heterocycles. The number of hydrogen-bond donors (Lipinski definition) is 0. The third-order valence-electron chi connectivity index (χ3n) is 5.35. The molecule has 2 fully saturated rings. The zero-order valence-corrected chi connectivity index (χ0v) is 14.2. The van der Waals surface area contributed by atoms with E-state index < -0.39 is 0 Å². The number of rotatable bonds is 5. The van der Waals surface area contributed by atoms with Crippen LogP contribution in [-0.4, -0.2) is 11.6 Å². The van der Waals surface area contributed by atoms with Gasteiger partial charge in [-0.1, -0.05) is 50.7 Å². The van der Waals surface area contributed by atoms with E-state index in [2.05, 4.69) is 0 Å². The monoisotopic (exact) mass is 302 g/mol. The van der Waals surface area contributed by atoms with Crippen LogP contribution in [0.3, 0.4) is 0 Å². The number of hydrogen-bond acceptors (Lipinski definition) is 2. The molecule has 2 saturated carbocycles. The van der Waals surface area contributed by atoms with E-state index in [-0.39, 0.29) is 23.4 Å². The van der Waals surface area contributed by atoms with Crippen LogP contribution in [0.4, 0.5) is 0 Å². The summed E-state index contributed by atoms with van der Waals surface area (Å²) in [7, 11) is 0. The van der Waals surface area contributed by atoms with Crippen LogP contribution < -0.4 is 0 Å². The molecule has 0 aliphatic heterocycles. The first-order valence-electron chi connectivity index (χ1n) is 9.10. The molecule has 0 radical (unpaired) electrons. The highest BCUT2D eigenvalue weighted by atomic mass is 16.1. The largest absolute Gasteiger partial charge is 0.294 e. The molecule has 122 valence electrons. The van der Waals surface area contributed by atoms with Gasteiger partial charge in [-0.15, -0.1) is 0 Å². The molecule has 0 N–H and O–H groups in total. The zero-order valence-electron chi connectivity index (χ0n) is 14.2. The van der Waals surface area contributed by atoms with Gasteiger partial charge in [0.1, 0.15) is 0 Å². The highest BCUT2D eigenvalue weighted by Gasteiger charge is 2.30. The smallest absolute Gasteiger partial charge is 0.166 e. The predicted octanol–water partition coefficient (Wildman–Crippen LogP) is 5.18. The zero-order chi connectivity index (χ0) is 15.9. The van der Waals surface area contributed by atoms with Gasteiger partial charge in [-0.25, -0.2) is 0 Å². The standard InChI is InChI=1S/C20H30O2/c1-3-17(19(21)15-11-7-5-8-12-15)18(4-2)20(22)16-13-9-6-10-14-16/h3-4,15-16H,5-14H2,1-2H3/b17-3+,18-4+. The minimum absolute atomic E-state index is 0.133. The van der Waals surface area contributed by atoms with Crippen molar-refractivity contribution in [2.75, 3.05) is 0 Å². The summed E-state index contributed by atoms with van der Waals surface area (Å²) in [5.41, 5.74) is 1.37. The van der Waals surface area contributed by atoms with E-state index in [9.17, 15) is 9.59 Å². The van der Waals surface area contributed by atoms with Crippen molar-refractivity contribution in [2.24, 2.45) is 11.8 Å². The summed E-state index contributed by atoms with van der Waals surface area (Å²) in [4.78, 5) is 25.7. The van der Waals surface area contributed by atoms with Gasteiger partial charge < -0.3 is 0 Å². The maximum Gasteiger partial charge on any atom is 0.166 e. The summed E-state index contributed by atoms with van der Waals surface area (Å²) in [6.45, 7) is 3.79. The number of carbonyl (C=O) groups is 2. The lowest BCUT2D eigenvalue weighted by Crippen LogP contribution is -2.26. The Balaban J connectivity index is 2.12. The molecule has 0 aromatic carbocycles. The lowest BCUT2D eigenvalue weighted by Gasteiger charge is -2.25. The fourth-order valence-electron chi connectivity index (χ4n) is 4.03. The molecule has 2 heteroatoms. The van der Waals surface area contributed by atoms with E-state index in [4.69, 9.17) is 0 Å². The Labute approximate surface area is 135 Å². The maximum atomic E-state index is 12.9. The maximum absolute atomic E-state index is 12.9. The normalized spacial score (nSPS) is 22.6. The summed E-state index contributed by atoms with van der Waals surface area (Å²) in [6, 6.07) is 0. The Kier molecular flexibility index (Phi) is 6.60. The summed E-state index contributed by atoms with van der Waals surface area (Å²) < 4.78 is 0. The topological polar surface area (TPSA) is 34.1 Å². The average molecular weight is 302 g/mol. The van der Waals surface area contributed by atoms with Crippen molar-refractivity contribution < 1.29 is 9.59 Å². The first kappa shape index (κ1) is 17.2. The Hall–Kier alpha value is -1.18. The molecule has 0 aromatic heterocycles. The van der Waals surface area contributed by atoms with E-state index in [1.54, 1.807) is 0 Å². The molecule has 2 aliphatic carbocycles. The predicted molar refractivity (Wildman–Crippen MR) is 90.7 cm³/mol. The number of allylic oxidation sites excluding steroid dienone is 4. The molecule has 2 aliphatic rings. The van der Waals surface area contributed by atoms with Gasteiger partial charge in [-0.3, -0.25) is 9.59 Å². The van der Waals surface area contributed by atoms with Crippen molar-refractivity contribution in [3.05, 3.63) is 23.3 Å². The van der Waals surface area contributed by atoms with E-state index in [0.29, 0.717) is 11.1 Å². The molecular formula is C20H30O2.